The van der Waals surface area contributed by atoms with Gasteiger partial charge in [-0.1, -0.05) is 42.5 Å². The van der Waals surface area contributed by atoms with Crippen molar-refractivity contribution in [3.05, 3.63) is 93.4 Å². The van der Waals surface area contributed by atoms with Crippen LogP contribution in [0.2, 0.25) is 0 Å². The molecule has 2 aliphatic rings. The number of pyridine rings is 1. The highest BCUT2D eigenvalue weighted by atomic mass is 32.2. The standard InChI is InChI=1S/C27H27N3O5S/c1-4-34-27(33)35-25-21(31)13-14-29-24(25)26(32)28(17(2)3)16-30(29)23-19-10-6-5-9-18(19)15-36-22-12-8-7-11-20(22)23/h5-14,17,23H,4,15-16H2,1-3H3/t23-/m0/s1. The van der Waals surface area contributed by atoms with Gasteiger partial charge in [0.05, 0.1) is 12.6 Å². The molecule has 3 aromatic rings. The second-order valence-electron chi connectivity index (χ2n) is 8.86. The average molecular weight is 506 g/mol. The molecule has 186 valence electrons. The van der Waals surface area contributed by atoms with E-state index in [0.29, 0.717) is 0 Å². The Bertz CT molecular complexity index is 1340. The Morgan fingerprint density at radius 2 is 1.78 bits per heavy atom. The average Bonchev–Trinajstić information content (AvgIpc) is 3.03. The summed E-state index contributed by atoms with van der Waals surface area (Å²) in [6.45, 7) is 5.85. The summed E-state index contributed by atoms with van der Waals surface area (Å²) in [4.78, 5) is 41.5. The van der Waals surface area contributed by atoms with E-state index in [-0.39, 0.29) is 42.7 Å². The van der Waals surface area contributed by atoms with Crippen LogP contribution in [0.15, 0.2) is 70.5 Å². The maximum atomic E-state index is 13.7. The summed E-state index contributed by atoms with van der Waals surface area (Å²) in [5.74, 6) is 0.0992. The number of carbonyl (C=O) groups is 2. The molecule has 8 nitrogen and oxygen atoms in total. The molecule has 0 spiro atoms. The van der Waals surface area contributed by atoms with Crippen LogP contribution in [0.1, 0.15) is 54.0 Å². The largest absolute Gasteiger partial charge is 0.514 e. The molecular formula is C27H27N3O5S. The van der Waals surface area contributed by atoms with E-state index in [1.807, 2.05) is 38.1 Å². The maximum Gasteiger partial charge on any atom is 0.514 e. The number of fused-ring (bicyclic) bond motifs is 3. The van der Waals surface area contributed by atoms with Crippen LogP contribution in [0, 0.1) is 0 Å². The molecule has 3 heterocycles. The van der Waals surface area contributed by atoms with Gasteiger partial charge < -0.3 is 14.4 Å². The van der Waals surface area contributed by atoms with Gasteiger partial charge in [-0.15, -0.1) is 11.8 Å². The van der Waals surface area contributed by atoms with Gasteiger partial charge in [-0.3, -0.25) is 19.3 Å². The molecule has 0 unspecified atom stereocenters. The number of benzene rings is 2. The summed E-state index contributed by atoms with van der Waals surface area (Å²) in [5, 5.41) is 2.05. The van der Waals surface area contributed by atoms with Crippen LogP contribution < -0.4 is 15.2 Å². The van der Waals surface area contributed by atoms with Crippen molar-refractivity contribution in [2.75, 3.05) is 18.3 Å². The lowest BCUT2D eigenvalue weighted by Crippen LogP contribution is -2.57. The Morgan fingerprint density at radius 3 is 2.53 bits per heavy atom. The lowest BCUT2D eigenvalue weighted by atomic mass is 9.94. The molecule has 0 aliphatic carbocycles. The van der Waals surface area contributed by atoms with Crippen molar-refractivity contribution in [3.63, 3.8) is 0 Å². The van der Waals surface area contributed by atoms with Gasteiger partial charge in [-0.25, -0.2) is 4.79 Å². The molecule has 9 heteroatoms. The fourth-order valence-corrected chi connectivity index (χ4v) is 5.79. The number of carbonyl (C=O) groups excluding carboxylic acids is 2. The molecule has 0 radical (unpaired) electrons. The predicted molar refractivity (Wildman–Crippen MR) is 137 cm³/mol. The van der Waals surface area contributed by atoms with Gasteiger partial charge >= 0.3 is 6.16 Å². The van der Waals surface area contributed by atoms with Crippen molar-refractivity contribution in [1.82, 2.24) is 9.58 Å². The van der Waals surface area contributed by atoms with E-state index in [0.717, 1.165) is 21.8 Å². The predicted octanol–water partition coefficient (Wildman–Crippen LogP) is 4.54. The van der Waals surface area contributed by atoms with E-state index in [9.17, 15) is 14.4 Å². The maximum absolute atomic E-state index is 13.7. The van der Waals surface area contributed by atoms with Crippen LogP contribution in [0.3, 0.4) is 0 Å². The first-order valence-electron chi connectivity index (χ1n) is 11.9. The summed E-state index contributed by atoms with van der Waals surface area (Å²) in [6, 6.07) is 17.4. The van der Waals surface area contributed by atoms with Crippen LogP contribution >= 0.6 is 11.8 Å². The van der Waals surface area contributed by atoms with Crippen LogP contribution in [0.4, 0.5) is 4.79 Å². The molecule has 0 bridgehead atoms. The molecule has 0 N–H and O–H groups in total. The number of aromatic nitrogens is 1. The van der Waals surface area contributed by atoms with Gasteiger partial charge in [-0.2, -0.15) is 0 Å². The highest BCUT2D eigenvalue weighted by Crippen LogP contribution is 2.43. The Morgan fingerprint density at radius 1 is 1.06 bits per heavy atom. The van der Waals surface area contributed by atoms with Gasteiger partial charge in [0.1, 0.15) is 6.67 Å². The van der Waals surface area contributed by atoms with E-state index in [1.165, 1.54) is 11.6 Å². The normalized spacial score (nSPS) is 16.7. The van der Waals surface area contributed by atoms with Crippen molar-refractivity contribution in [3.8, 4) is 5.75 Å². The summed E-state index contributed by atoms with van der Waals surface area (Å²) in [7, 11) is 0. The van der Waals surface area contributed by atoms with Crippen LogP contribution in [0.5, 0.6) is 5.75 Å². The minimum absolute atomic E-state index is 0.00219. The number of rotatable bonds is 4. The highest BCUT2D eigenvalue weighted by Gasteiger charge is 2.40. The van der Waals surface area contributed by atoms with Gasteiger partial charge in [0.15, 0.2) is 5.69 Å². The number of amides is 1. The van der Waals surface area contributed by atoms with Gasteiger partial charge in [0.2, 0.25) is 11.2 Å². The van der Waals surface area contributed by atoms with E-state index in [2.05, 4.69) is 29.3 Å². The van der Waals surface area contributed by atoms with Gasteiger partial charge in [-0.05, 0) is 43.5 Å². The lowest BCUT2D eigenvalue weighted by Gasteiger charge is -2.45. The Kier molecular flexibility index (Phi) is 6.49. The third-order valence-corrected chi connectivity index (χ3v) is 7.53. The summed E-state index contributed by atoms with van der Waals surface area (Å²) in [6.07, 6.45) is 0.556. The van der Waals surface area contributed by atoms with Crippen LogP contribution in [-0.4, -0.2) is 41.0 Å². The lowest BCUT2D eigenvalue weighted by molar-refractivity contribution is 0.0615. The van der Waals surface area contributed by atoms with Crippen molar-refractivity contribution in [2.24, 2.45) is 0 Å². The zero-order valence-electron chi connectivity index (χ0n) is 20.3. The molecule has 1 amide bonds. The molecule has 2 aromatic carbocycles. The number of hydrogen-bond acceptors (Lipinski definition) is 7. The molecular weight excluding hydrogens is 478 g/mol. The molecule has 2 aliphatic heterocycles. The van der Waals surface area contributed by atoms with Crippen molar-refractivity contribution < 1.29 is 19.1 Å². The Labute approximate surface area is 213 Å². The Hall–Kier alpha value is -3.72. The van der Waals surface area contributed by atoms with Gasteiger partial charge in [0, 0.05) is 29.0 Å². The number of nitrogens with zero attached hydrogens (tertiary/aromatic N) is 3. The highest BCUT2D eigenvalue weighted by molar-refractivity contribution is 7.98. The van der Waals surface area contributed by atoms with Crippen LogP contribution in [-0.2, 0) is 10.5 Å². The molecule has 1 aromatic heterocycles. The molecule has 1 atom stereocenters. The first kappa shape index (κ1) is 24.0. The third-order valence-electron chi connectivity index (χ3n) is 6.39. The zero-order chi connectivity index (χ0) is 25.4. The zero-order valence-corrected chi connectivity index (χ0v) is 21.2. The molecule has 0 saturated heterocycles. The number of hydrogen-bond donors (Lipinski definition) is 0. The molecule has 36 heavy (non-hydrogen) atoms. The van der Waals surface area contributed by atoms with Crippen molar-refractivity contribution in [2.45, 2.75) is 43.5 Å². The summed E-state index contributed by atoms with van der Waals surface area (Å²) < 4.78 is 11.9. The van der Waals surface area contributed by atoms with E-state index < -0.39 is 11.6 Å². The van der Waals surface area contributed by atoms with E-state index in [4.69, 9.17) is 9.47 Å². The number of ether oxygens (including phenoxy) is 2. The van der Waals surface area contributed by atoms with Crippen molar-refractivity contribution in [1.29, 1.82) is 0 Å². The first-order valence-corrected chi connectivity index (χ1v) is 12.9. The first-order chi connectivity index (χ1) is 17.4. The van der Waals surface area contributed by atoms with Crippen LogP contribution in [0.25, 0.3) is 0 Å². The van der Waals surface area contributed by atoms with E-state index >= 15 is 0 Å². The van der Waals surface area contributed by atoms with E-state index in [1.54, 1.807) is 34.5 Å². The smallest absolute Gasteiger partial charge is 0.434 e. The summed E-state index contributed by atoms with van der Waals surface area (Å²) >= 11 is 1.78. The Balaban J connectivity index is 1.75. The second-order valence-corrected chi connectivity index (χ2v) is 9.88. The third kappa shape index (κ3) is 4.13. The number of thioether (sulfide) groups is 1. The molecule has 0 fully saturated rings. The second kappa shape index (κ2) is 9.73. The molecule has 0 saturated carbocycles. The fraction of sp³-hybridized carbons (Fsp3) is 0.296. The quantitative estimate of drug-likeness (QED) is 0.482. The van der Waals surface area contributed by atoms with Crippen molar-refractivity contribution >= 4 is 23.8 Å². The minimum atomic E-state index is -1.02. The summed E-state index contributed by atoms with van der Waals surface area (Å²) in [5.41, 5.74) is 2.85. The minimum Gasteiger partial charge on any atom is -0.434 e. The monoisotopic (exact) mass is 505 g/mol. The SMILES string of the molecule is CCOC(=O)Oc1c2n(ccc1=O)N([C@H]1c3ccccc3CSc3ccccc31)CN(C(C)C)C2=O. The fourth-order valence-electron chi connectivity index (χ4n) is 4.69. The molecule has 5 rings (SSSR count). The van der Waals surface area contributed by atoms with Gasteiger partial charge in [0.25, 0.3) is 5.91 Å². The topological polar surface area (TPSA) is 81.1 Å².